The molecule has 0 saturated heterocycles. The Morgan fingerprint density at radius 3 is 2.27 bits per heavy atom. The molecule has 1 rings (SSSR count). The minimum atomic E-state index is -0.210. The highest BCUT2D eigenvalue weighted by Gasteiger charge is 2.32. The number of rotatable bonds is 4. The van der Waals surface area contributed by atoms with Crippen LogP contribution in [-0.4, -0.2) is 34.7 Å². The zero-order chi connectivity index (χ0) is 11.4. The quantitative estimate of drug-likeness (QED) is 0.247. The lowest BCUT2D eigenvalue weighted by molar-refractivity contribution is -0.137. The van der Waals surface area contributed by atoms with Crippen molar-refractivity contribution in [3.63, 3.8) is 0 Å². The minimum Gasteiger partial charge on any atom is -0.411 e. The lowest BCUT2D eigenvalue weighted by Gasteiger charge is -2.13. The molecule has 5 nitrogen and oxygen atoms in total. The van der Waals surface area contributed by atoms with Crippen LogP contribution in [0.2, 0.25) is 0 Å². The zero-order valence-electron chi connectivity index (χ0n) is 8.86. The van der Waals surface area contributed by atoms with Gasteiger partial charge in [0.05, 0.1) is 0 Å². The van der Waals surface area contributed by atoms with Crippen LogP contribution in [0.1, 0.15) is 26.7 Å². The molecule has 0 radical (unpaired) electrons. The minimum absolute atomic E-state index is 0.210. The predicted molar refractivity (Wildman–Crippen MR) is 54.6 cm³/mol. The number of unbranched alkanes of at least 4 members (excludes halogenated alkanes) is 1. The molecule has 0 aromatic rings. The van der Waals surface area contributed by atoms with Gasteiger partial charge in [0.15, 0.2) is 0 Å². The molecule has 0 saturated carbocycles. The van der Waals surface area contributed by atoms with Gasteiger partial charge in [-0.25, -0.2) is 0 Å². The molecule has 82 valence electrons. The van der Waals surface area contributed by atoms with E-state index in [2.05, 4.69) is 5.16 Å². The Labute approximate surface area is 88.1 Å². The lowest BCUT2D eigenvalue weighted by atomic mass is 10.2. The summed E-state index contributed by atoms with van der Waals surface area (Å²) in [6, 6.07) is 0. The summed E-state index contributed by atoms with van der Waals surface area (Å²) in [4.78, 5) is 24.3. The maximum absolute atomic E-state index is 11.6. The monoisotopic (exact) mass is 210 g/mol. The first-order valence-electron chi connectivity index (χ1n) is 4.79. The normalized spacial score (nSPS) is 17.3. The van der Waals surface area contributed by atoms with Crippen molar-refractivity contribution in [3.05, 3.63) is 11.1 Å². The first kappa shape index (κ1) is 11.4. The topological polar surface area (TPSA) is 70.0 Å². The summed E-state index contributed by atoms with van der Waals surface area (Å²) >= 11 is 0. The Balaban J connectivity index is 2.53. The van der Waals surface area contributed by atoms with Gasteiger partial charge in [-0.3, -0.25) is 14.5 Å². The fourth-order valence-electron chi connectivity index (χ4n) is 1.42. The molecule has 15 heavy (non-hydrogen) atoms. The first-order valence-corrected chi connectivity index (χ1v) is 4.79. The van der Waals surface area contributed by atoms with Gasteiger partial charge >= 0.3 is 0 Å². The Kier molecular flexibility index (Phi) is 3.60. The van der Waals surface area contributed by atoms with Crippen LogP contribution in [-0.2, 0) is 9.59 Å². The molecule has 0 aromatic carbocycles. The molecular weight excluding hydrogens is 196 g/mol. The maximum atomic E-state index is 11.6. The summed E-state index contributed by atoms with van der Waals surface area (Å²) in [5.41, 5.74) is 1.05. The Hall–Kier alpha value is -1.65. The van der Waals surface area contributed by atoms with Crippen molar-refractivity contribution in [1.82, 2.24) is 4.90 Å². The fourth-order valence-corrected chi connectivity index (χ4v) is 1.42. The van der Waals surface area contributed by atoms with Crippen LogP contribution < -0.4 is 0 Å². The maximum Gasteiger partial charge on any atom is 0.256 e. The summed E-state index contributed by atoms with van der Waals surface area (Å²) < 4.78 is 0. The van der Waals surface area contributed by atoms with Gasteiger partial charge in [-0.05, 0) is 26.7 Å². The van der Waals surface area contributed by atoms with E-state index in [0.717, 1.165) is 0 Å². The number of nitrogens with zero attached hydrogens (tertiary/aromatic N) is 2. The molecule has 1 N–H and O–H groups in total. The van der Waals surface area contributed by atoms with Crippen LogP contribution >= 0.6 is 0 Å². The molecule has 2 amide bonds. The number of imide groups is 1. The molecule has 1 aliphatic rings. The van der Waals surface area contributed by atoms with Crippen LogP contribution in [0.4, 0.5) is 0 Å². The highest BCUT2D eigenvalue weighted by Crippen LogP contribution is 2.19. The summed E-state index contributed by atoms with van der Waals surface area (Å²) in [5, 5.41) is 11.0. The Morgan fingerprint density at radius 1 is 1.27 bits per heavy atom. The molecule has 0 unspecified atom stereocenters. The molecule has 1 heterocycles. The summed E-state index contributed by atoms with van der Waals surface area (Å²) in [6.07, 6.45) is 2.51. The molecule has 1 aliphatic heterocycles. The van der Waals surface area contributed by atoms with Gasteiger partial charge in [-0.2, -0.15) is 0 Å². The third kappa shape index (κ3) is 2.23. The SMILES string of the molecule is CC1=C(C)C(=O)N(CCC/C=N/O)C1=O. The van der Waals surface area contributed by atoms with Gasteiger partial charge in [-0.1, -0.05) is 0 Å². The molecule has 0 aliphatic carbocycles. The summed E-state index contributed by atoms with van der Waals surface area (Å²) in [6.45, 7) is 3.69. The van der Waals surface area contributed by atoms with E-state index in [1.807, 2.05) is 0 Å². The van der Waals surface area contributed by atoms with Crippen LogP contribution in [0.3, 0.4) is 0 Å². The number of hydrogen-bond donors (Lipinski definition) is 1. The average Bonchev–Trinajstić information content (AvgIpc) is 2.41. The van der Waals surface area contributed by atoms with Gasteiger partial charge < -0.3 is 5.21 Å². The Bertz CT molecular complexity index is 321. The van der Waals surface area contributed by atoms with E-state index in [1.54, 1.807) is 13.8 Å². The van der Waals surface area contributed by atoms with Crippen molar-refractivity contribution in [2.24, 2.45) is 5.16 Å². The van der Waals surface area contributed by atoms with Crippen LogP contribution in [0, 0.1) is 0 Å². The van der Waals surface area contributed by atoms with Crippen molar-refractivity contribution in [2.45, 2.75) is 26.7 Å². The number of oxime groups is 1. The summed E-state index contributed by atoms with van der Waals surface area (Å²) in [7, 11) is 0. The second-order valence-electron chi connectivity index (χ2n) is 3.45. The molecule has 0 atom stereocenters. The van der Waals surface area contributed by atoms with Crippen molar-refractivity contribution >= 4 is 18.0 Å². The van der Waals surface area contributed by atoms with Crippen molar-refractivity contribution in [2.75, 3.05) is 6.54 Å². The highest BCUT2D eigenvalue weighted by atomic mass is 16.4. The van der Waals surface area contributed by atoms with E-state index in [0.29, 0.717) is 30.5 Å². The largest absolute Gasteiger partial charge is 0.411 e. The first-order chi connectivity index (χ1) is 7.09. The van der Waals surface area contributed by atoms with Crippen LogP contribution in [0.25, 0.3) is 0 Å². The molecule has 0 fully saturated rings. The van der Waals surface area contributed by atoms with Gasteiger partial charge in [0.1, 0.15) is 0 Å². The number of carbonyl (C=O) groups is 2. The van der Waals surface area contributed by atoms with Crippen LogP contribution in [0.5, 0.6) is 0 Å². The molecule has 5 heteroatoms. The van der Waals surface area contributed by atoms with Gasteiger partial charge in [0.2, 0.25) is 0 Å². The number of hydrogen-bond acceptors (Lipinski definition) is 4. The predicted octanol–water partition coefficient (Wildman–Crippen LogP) is 0.932. The number of carbonyl (C=O) groups excluding carboxylic acids is 2. The second-order valence-corrected chi connectivity index (χ2v) is 3.45. The third-order valence-electron chi connectivity index (χ3n) is 2.49. The van der Waals surface area contributed by atoms with Crippen LogP contribution in [0.15, 0.2) is 16.3 Å². The highest BCUT2D eigenvalue weighted by molar-refractivity contribution is 6.18. The molecule has 0 aromatic heterocycles. The summed E-state index contributed by atoms with van der Waals surface area (Å²) in [5.74, 6) is -0.420. The average molecular weight is 210 g/mol. The lowest BCUT2D eigenvalue weighted by Crippen LogP contribution is -2.32. The van der Waals surface area contributed by atoms with Crippen molar-refractivity contribution in [3.8, 4) is 0 Å². The molecular formula is C10H14N2O3. The van der Waals surface area contributed by atoms with E-state index < -0.39 is 0 Å². The van der Waals surface area contributed by atoms with Crippen molar-refractivity contribution in [1.29, 1.82) is 0 Å². The third-order valence-corrected chi connectivity index (χ3v) is 2.49. The fraction of sp³-hybridized carbons (Fsp3) is 0.500. The van der Waals surface area contributed by atoms with Gasteiger partial charge in [0, 0.05) is 23.9 Å². The standard InChI is InChI=1S/C10H14N2O3/c1-7-8(2)10(14)12(9(7)13)6-4-3-5-11-15/h5,15H,3-4,6H2,1-2H3/b11-5+. The van der Waals surface area contributed by atoms with E-state index in [-0.39, 0.29) is 11.8 Å². The van der Waals surface area contributed by atoms with Crippen molar-refractivity contribution < 1.29 is 14.8 Å². The van der Waals surface area contributed by atoms with Gasteiger partial charge in [0.25, 0.3) is 11.8 Å². The molecule has 0 spiro atoms. The Morgan fingerprint density at radius 2 is 1.80 bits per heavy atom. The second kappa shape index (κ2) is 4.72. The number of amides is 2. The van der Waals surface area contributed by atoms with E-state index in [9.17, 15) is 9.59 Å². The van der Waals surface area contributed by atoms with Gasteiger partial charge in [-0.15, -0.1) is 5.16 Å². The van der Waals surface area contributed by atoms with E-state index in [1.165, 1.54) is 11.1 Å². The zero-order valence-corrected chi connectivity index (χ0v) is 8.86. The smallest absolute Gasteiger partial charge is 0.256 e. The molecule has 0 bridgehead atoms. The van der Waals surface area contributed by atoms with E-state index >= 15 is 0 Å². The van der Waals surface area contributed by atoms with E-state index in [4.69, 9.17) is 5.21 Å².